The molecule has 0 radical (unpaired) electrons. The summed E-state index contributed by atoms with van der Waals surface area (Å²) in [6.07, 6.45) is 4.90. The van der Waals surface area contributed by atoms with Crippen molar-refractivity contribution in [2.45, 2.75) is 73.3 Å². The number of hydrogen-bond acceptors (Lipinski definition) is 1. The molecule has 0 bridgehead atoms. The smallest absolute Gasteiger partial charge is 0.0108 e. The Hall–Kier alpha value is -0.820. The minimum absolute atomic E-state index is 0.425. The summed E-state index contributed by atoms with van der Waals surface area (Å²) in [5.41, 5.74) is 4.66. The van der Waals surface area contributed by atoms with Gasteiger partial charge in [-0.3, -0.25) is 0 Å². The SMILES string of the molecule is CCCNC(CCC(C)(C)C)Cc1cc(C)cc(C)c1. The lowest BCUT2D eigenvalue weighted by atomic mass is 9.87. The van der Waals surface area contributed by atoms with Crippen LogP contribution in [0.15, 0.2) is 18.2 Å². The average molecular weight is 275 g/mol. The van der Waals surface area contributed by atoms with E-state index in [1.165, 1.54) is 36.0 Å². The van der Waals surface area contributed by atoms with Gasteiger partial charge in [-0.25, -0.2) is 0 Å². The molecule has 0 aliphatic rings. The Morgan fingerprint density at radius 2 is 1.65 bits per heavy atom. The molecule has 1 aromatic rings. The van der Waals surface area contributed by atoms with Crippen LogP contribution >= 0.6 is 0 Å². The van der Waals surface area contributed by atoms with E-state index < -0.39 is 0 Å². The predicted molar refractivity (Wildman–Crippen MR) is 90.4 cm³/mol. The lowest BCUT2D eigenvalue weighted by Gasteiger charge is -2.24. The van der Waals surface area contributed by atoms with Crippen molar-refractivity contribution in [1.82, 2.24) is 5.32 Å². The van der Waals surface area contributed by atoms with Crippen LogP contribution in [0.5, 0.6) is 0 Å². The van der Waals surface area contributed by atoms with Crippen LogP contribution in [0.3, 0.4) is 0 Å². The maximum absolute atomic E-state index is 3.73. The van der Waals surface area contributed by atoms with Crippen LogP contribution in [0.1, 0.15) is 63.6 Å². The molecular weight excluding hydrogens is 242 g/mol. The zero-order chi connectivity index (χ0) is 15.2. The van der Waals surface area contributed by atoms with Crippen LogP contribution in [0.4, 0.5) is 0 Å². The molecule has 0 aliphatic heterocycles. The third kappa shape index (κ3) is 7.09. The van der Waals surface area contributed by atoms with Gasteiger partial charge < -0.3 is 5.32 Å². The van der Waals surface area contributed by atoms with Crippen molar-refractivity contribution in [2.75, 3.05) is 6.54 Å². The first-order valence-corrected chi connectivity index (χ1v) is 8.10. The Bertz CT molecular complexity index is 380. The maximum atomic E-state index is 3.73. The largest absolute Gasteiger partial charge is 0.314 e. The highest BCUT2D eigenvalue weighted by molar-refractivity contribution is 5.29. The molecular formula is C19H33N. The standard InChI is InChI=1S/C19H33N/c1-7-10-20-18(8-9-19(4,5)6)14-17-12-15(2)11-16(3)13-17/h11-13,18,20H,7-10,14H2,1-6H3. The summed E-state index contributed by atoms with van der Waals surface area (Å²) < 4.78 is 0. The van der Waals surface area contributed by atoms with Gasteiger partial charge in [0.15, 0.2) is 0 Å². The van der Waals surface area contributed by atoms with Crippen LogP contribution in [0.25, 0.3) is 0 Å². The molecule has 1 N–H and O–H groups in total. The lowest BCUT2D eigenvalue weighted by molar-refractivity contribution is 0.328. The number of hydrogen-bond donors (Lipinski definition) is 1. The molecule has 0 aliphatic carbocycles. The van der Waals surface area contributed by atoms with Crippen molar-refractivity contribution in [3.05, 3.63) is 34.9 Å². The average Bonchev–Trinajstić information content (AvgIpc) is 2.30. The van der Waals surface area contributed by atoms with Gasteiger partial charge in [-0.2, -0.15) is 0 Å². The summed E-state index contributed by atoms with van der Waals surface area (Å²) in [5, 5.41) is 3.73. The Morgan fingerprint density at radius 3 is 2.15 bits per heavy atom. The summed E-state index contributed by atoms with van der Waals surface area (Å²) in [6.45, 7) is 14.8. The van der Waals surface area contributed by atoms with Crippen molar-refractivity contribution < 1.29 is 0 Å². The highest BCUT2D eigenvalue weighted by Crippen LogP contribution is 2.23. The van der Waals surface area contributed by atoms with Gasteiger partial charge in [-0.1, -0.05) is 57.0 Å². The number of rotatable bonds is 7. The number of nitrogens with one attached hydrogen (secondary N) is 1. The Balaban J connectivity index is 2.67. The van der Waals surface area contributed by atoms with E-state index in [1.54, 1.807) is 0 Å². The number of benzene rings is 1. The molecule has 0 aromatic heterocycles. The molecule has 0 amide bonds. The van der Waals surface area contributed by atoms with E-state index in [0.717, 1.165) is 13.0 Å². The molecule has 1 nitrogen and oxygen atoms in total. The molecule has 1 unspecified atom stereocenters. The first kappa shape index (κ1) is 17.2. The maximum Gasteiger partial charge on any atom is 0.0108 e. The Morgan fingerprint density at radius 1 is 1.05 bits per heavy atom. The second-order valence-corrected chi connectivity index (χ2v) is 7.45. The molecule has 0 spiro atoms. The Kier molecular flexibility index (Phi) is 6.75. The molecule has 0 fully saturated rings. The van der Waals surface area contributed by atoms with E-state index in [1.807, 2.05) is 0 Å². The zero-order valence-corrected chi connectivity index (χ0v) is 14.3. The van der Waals surface area contributed by atoms with Crippen molar-refractivity contribution in [1.29, 1.82) is 0 Å². The molecule has 1 atom stereocenters. The summed E-state index contributed by atoms with van der Waals surface area (Å²) in [5.74, 6) is 0. The normalized spacial score (nSPS) is 13.5. The van der Waals surface area contributed by atoms with Gasteiger partial charge in [-0.05, 0) is 57.1 Å². The van der Waals surface area contributed by atoms with Gasteiger partial charge in [0.25, 0.3) is 0 Å². The fourth-order valence-electron chi connectivity index (χ4n) is 2.70. The van der Waals surface area contributed by atoms with Gasteiger partial charge in [-0.15, -0.1) is 0 Å². The van der Waals surface area contributed by atoms with E-state index in [4.69, 9.17) is 0 Å². The summed E-state index contributed by atoms with van der Waals surface area (Å²) >= 11 is 0. The lowest BCUT2D eigenvalue weighted by Crippen LogP contribution is -2.32. The van der Waals surface area contributed by atoms with E-state index in [-0.39, 0.29) is 0 Å². The Labute approximate surface area is 126 Å². The second-order valence-electron chi connectivity index (χ2n) is 7.45. The molecule has 114 valence electrons. The van der Waals surface area contributed by atoms with Gasteiger partial charge in [0, 0.05) is 6.04 Å². The second kappa shape index (κ2) is 7.83. The van der Waals surface area contributed by atoms with E-state index >= 15 is 0 Å². The fraction of sp³-hybridized carbons (Fsp3) is 0.684. The van der Waals surface area contributed by atoms with E-state index in [0.29, 0.717) is 11.5 Å². The molecule has 1 rings (SSSR count). The first-order valence-electron chi connectivity index (χ1n) is 8.10. The molecule has 0 saturated heterocycles. The predicted octanol–water partition coefficient (Wildman–Crippen LogP) is 5.04. The summed E-state index contributed by atoms with van der Waals surface area (Å²) in [4.78, 5) is 0. The molecule has 20 heavy (non-hydrogen) atoms. The minimum atomic E-state index is 0.425. The summed E-state index contributed by atoms with van der Waals surface area (Å²) in [7, 11) is 0. The van der Waals surface area contributed by atoms with E-state index in [2.05, 4.69) is 65.1 Å². The van der Waals surface area contributed by atoms with Crippen LogP contribution in [0.2, 0.25) is 0 Å². The van der Waals surface area contributed by atoms with Crippen molar-refractivity contribution in [2.24, 2.45) is 5.41 Å². The van der Waals surface area contributed by atoms with Crippen molar-refractivity contribution >= 4 is 0 Å². The van der Waals surface area contributed by atoms with Crippen LogP contribution < -0.4 is 5.32 Å². The third-order valence-electron chi connectivity index (χ3n) is 3.69. The first-order chi connectivity index (χ1) is 9.30. The summed E-state index contributed by atoms with van der Waals surface area (Å²) in [6, 6.07) is 7.54. The topological polar surface area (TPSA) is 12.0 Å². The van der Waals surface area contributed by atoms with Gasteiger partial charge in [0.2, 0.25) is 0 Å². The van der Waals surface area contributed by atoms with E-state index in [9.17, 15) is 0 Å². The third-order valence-corrected chi connectivity index (χ3v) is 3.69. The zero-order valence-electron chi connectivity index (χ0n) is 14.3. The molecule has 1 aromatic carbocycles. The van der Waals surface area contributed by atoms with Gasteiger partial charge >= 0.3 is 0 Å². The van der Waals surface area contributed by atoms with Crippen molar-refractivity contribution in [3.63, 3.8) is 0 Å². The fourth-order valence-corrected chi connectivity index (χ4v) is 2.70. The highest BCUT2D eigenvalue weighted by Gasteiger charge is 2.15. The van der Waals surface area contributed by atoms with Gasteiger partial charge in [0.05, 0.1) is 0 Å². The monoisotopic (exact) mass is 275 g/mol. The minimum Gasteiger partial charge on any atom is -0.314 e. The quantitative estimate of drug-likeness (QED) is 0.735. The number of aryl methyl sites for hydroxylation is 2. The van der Waals surface area contributed by atoms with Crippen LogP contribution in [-0.2, 0) is 6.42 Å². The van der Waals surface area contributed by atoms with Crippen LogP contribution in [-0.4, -0.2) is 12.6 Å². The van der Waals surface area contributed by atoms with Crippen LogP contribution in [0, 0.1) is 19.3 Å². The molecule has 1 heteroatoms. The van der Waals surface area contributed by atoms with Gasteiger partial charge in [0.1, 0.15) is 0 Å². The highest BCUT2D eigenvalue weighted by atomic mass is 14.9. The molecule has 0 heterocycles. The molecule has 0 saturated carbocycles. The van der Waals surface area contributed by atoms with Crippen molar-refractivity contribution in [3.8, 4) is 0 Å².